The molecule has 2 aromatic rings. The van der Waals surface area contributed by atoms with E-state index in [-0.39, 0.29) is 6.04 Å². The number of anilines is 1. The minimum atomic E-state index is -3.46. The number of aryl methyl sites for hydroxylation is 1. The molecule has 4 nitrogen and oxygen atoms in total. The third kappa shape index (κ3) is 3.45. The molecule has 0 aliphatic carbocycles. The summed E-state index contributed by atoms with van der Waals surface area (Å²) in [5, 5.41) is 3.31. The second-order valence-electron chi connectivity index (χ2n) is 5.10. The average molecular weight is 324 g/mol. The number of rotatable bonds is 5. The van der Waals surface area contributed by atoms with Gasteiger partial charge in [0.25, 0.3) is 0 Å². The van der Waals surface area contributed by atoms with Crippen molar-refractivity contribution < 1.29 is 8.42 Å². The predicted octanol–water partition coefficient (Wildman–Crippen LogP) is 3.48. The minimum absolute atomic E-state index is 0.0576. The van der Waals surface area contributed by atoms with Crippen molar-refractivity contribution in [2.45, 2.75) is 24.8 Å². The van der Waals surface area contributed by atoms with E-state index >= 15 is 0 Å². The number of thiophene rings is 1. The van der Waals surface area contributed by atoms with Gasteiger partial charge in [-0.15, -0.1) is 11.3 Å². The van der Waals surface area contributed by atoms with Crippen LogP contribution in [0.4, 0.5) is 5.69 Å². The SMILES string of the molecule is Cc1ccc(C(C)Nc2ccccc2S(=O)(=O)N(C)C)s1. The lowest BCUT2D eigenvalue weighted by atomic mass is 10.2. The van der Waals surface area contributed by atoms with Crippen LogP contribution in [0.5, 0.6) is 0 Å². The van der Waals surface area contributed by atoms with E-state index in [9.17, 15) is 8.42 Å². The van der Waals surface area contributed by atoms with E-state index in [0.717, 1.165) is 0 Å². The third-order valence-corrected chi connectivity index (χ3v) is 6.26. The Labute approximate surface area is 130 Å². The number of benzene rings is 1. The van der Waals surface area contributed by atoms with E-state index in [0.29, 0.717) is 10.6 Å². The molecule has 0 amide bonds. The largest absolute Gasteiger partial charge is 0.377 e. The summed E-state index contributed by atoms with van der Waals surface area (Å²) >= 11 is 1.71. The first-order chi connectivity index (χ1) is 9.82. The lowest BCUT2D eigenvalue weighted by Crippen LogP contribution is -2.23. The number of nitrogens with zero attached hydrogens (tertiary/aromatic N) is 1. The van der Waals surface area contributed by atoms with Gasteiger partial charge in [0.05, 0.1) is 11.7 Å². The van der Waals surface area contributed by atoms with Gasteiger partial charge in [-0.2, -0.15) is 0 Å². The summed E-state index contributed by atoms with van der Waals surface area (Å²) in [6.45, 7) is 4.09. The van der Waals surface area contributed by atoms with Crippen LogP contribution in [-0.2, 0) is 10.0 Å². The van der Waals surface area contributed by atoms with Crippen LogP contribution >= 0.6 is 11.3 Å². The highest BCUT2D eigenvalue weighted by Gasteiger charge is 2.21. The smallest absolute Gasteiger partial charge is 0.244 e. The second kappa shape index (κ2) is 6.17. The minimum Gasteiger partial charge on any atom is -0.377 e. The Hall–Kier alpha value is -1.37. The van der Waals surface area contributed by atoms with Gasteiger partial charge in [-0.1, -0.05) is 12.1 Å². The summed E-state index contributed by atoms with van der Waals surface area (Å²) in [5.41, 5.74) is 0.629. The molecule has 0 aliphatic rings. The summed E-state index contributed by atoms with van der Waals surface area (Å²) in [5.74, 6) is 0. The summed E-state index contributed by atoms with van der Waals surface area (Å²) < 4.78 is 26.0. The van der Waals surface area contributed by atoms with Crippen LogP contribution in [-0.4, -0.2) is 26.8 Å². The molecule has 1 atom stereocenters. The molecular weight excluding hydrogens is 304 g/mol. The molecule has 1 N–H and O–H groups in total. The van der Waals surface area contributed by atoms with Crippen LogP contribution in [0.1, 0.15) is 22.7 Å². The van der Waals surface area contributed by atoms with Crippen LogP contribution in [0.15, 0.2) is 41.3 Å². The van der Waals surface area contributed by atoms with Gasteiger partial charge >= 0.3 is 0 Å². The van der Waals surface area contributed by atoms with Crippen molar-refractivity contribution in [3.05, 3.63) is 46.2 Å². The van der Waals surface area contributed by atoms with Gasteiger partial charge in [0.15, 0.2) is 0 Å². The fourth-order valence-electron chi connectivity index (χ4n) is 2.00. The van der Waals surface area contributed by atoms with E-state index < -0.39 is 10.0 Å². The maximum absolute atomic E-state index is 12.4. The summed E-state index contributed by atoms with van der Waals surface area (Å²) in [6, 6.07) is 11.2. The standard InChI is InChI=1S/C15H20N2O2S2/c1-11-9-10-14(20-11)12(2)16-13-7-5-6-8-15(13)21(18,19)17(3)4/h5-10,12,16H,1-4H3. The summed E-state index contributed by atoms with van der Waals surface area (Å²) in [6.07, 6.45) is 0. The van der Waals surface area contributed by atoms with Crippen molar-refractivity contribution >= 4 is 27.0 Å². The highest BCUT2D eigenvalue weighted by atomic mass is 32.2. The monoisotopic (exact) mass is 324 g/mol. The number of nitrogens with one attached hydrogen (secondary N) is 1. The van der Waals surface area contributed by atoms with Crippen molar-refractivity contribution in [2.24, 2.45) is 0 Å². The van der Waals surface area contributed by atoms with Crippen LogP contribution in [0.3, 0.4) is 0 Å². The molecule has 1 unspecified atom stereocenters. The number of para-hydroxylation sites is 1. The van der Waals surface area contributed by atoms with Crippen molar-refractivity contribution in [2.75, 3.05) is 19.4 Å². The topological polar surface area (TPSA) is 49.4 Å². The number of hydrogen-bond donors (Lipinski definition) is 1. The lowest BCUT2D eigenvalue weighted by Gasteiger charge is -2.19. The molecule has 1 aromatic carbocycles. The molecule has 2 rings (SSSR count). The molecule has 1 heterocycles. The van der Waals surface area contributed by atoms with Crippen molar-refractivity contribution in [3.8, 4) is 0 Å². The molecular formula is C15H20N2O2S2. The Kier molecular flexibility index (Phi) is 4.70. The predicted molar refractivity (Wildman–Crippen MR) is 88.4 cm³/mol. The van der Waals surface area contributed by atoms with Crippen LogP contribution in [0, 0.1) is 6.92 Å². The fourth-order valence-corrected chi connectivity index (χ4v) is 3.93. The lowest BCUT2D eigenvalue weighted by molar-refractivity contribution is 0.521. The van der Waals surface area contributed by atoms with E-state index in [1.807, 2.05) is 13.0 Å². The van der Waals surface area contributed by atoms with Gasteiger partial charge in [0.2, 0.25) is 10.0 Å². The quantitative estimate of drug-likeness (QED) is 0.916. The van der Waals surface area contributed by atoms with E-state index in [2.05, 4.69) is 24.4 Å². The van der Waals surface area contributed by atoms with Gasteiger partial charge in [0, 0.05) is 23.8 Å². The summed E-state index contributed by atoms with van der Waals surface area (Å²) in [7, 11) is -0.376. The molecule has 0 spiro atoms. The van der Waals surface area contributed by atoms with Crippen molar-refractivity contribution in [3.63, 3.8) is 0 Å². The van der Waals surface area contributed by atoms with Gasteiger partial charge in [0.1, 0.15) is 4.90 Å². The molecule has 114 valence electrons. The highest BCUT2D eigenvalue weighted by Crippen LogP contribution is 2.29. The molecule has 21 heavy (non-hydrogen) atoms. The van der Waals surface area contributed by atoms with Crippen molar-refractivity contribution in [1.82, 2.24) is 4.31 Å². The average Bonchev–Trinajstić information content (AvgIpc) is 2.86. The molecule has 1 aromatic heterocycles. The first kappa shape index (κ1) is 16.0. The summed E-state index contributed by atoms with van der Waals surface area (Å²) in [4.78, 5) is 2.73. The molecule has 0 saturated heterocycles. The zero-order valence-corrected chi connectivity index (χ0v) is 14.3. The Balaban J connectivity index is 2.33. The van der Waals surface area contributed by atoms with Crippen LogP contribution in [0.2, 0.25) is 0 Å². The maximum Gasteiger partial charge on any atom is 0.244 e. The van der Waals surface area contributed by atoms with E-state index in [4.69, 9.17) is 0 Å². The van der Waals surface area contributed by atoms with Gasteiger partial charge in [-0.25, -0.2) is 12.7 Å². The molecule has 0 aliphatic heterocycles. The van der Waals surface area contributed by atoms with Gasteiger partial charge < -0.3 is 5.32 Å². The molecule has 0 saturated carbocycles. The van der Waals surface area contributed by atoms with Gasteiger partial charge in [-0.3, -0.25) is 0 Å². The second-order valence-corrected chi connectivity index (χ2v) is 8.54. The first-order valence-corrected chi connectivity index (χ1v) is 8.92. The van der Waals surface area contributed by atoms with Crippen LogP contribution in [0.25, 0.3) is 0 Å². The van der Waals surface area contributed by atoms with E-state index in [1.165, 1.54) is 28.2 Å². The Bertz CT molecular complexity index is 721. The third-order valence-electron chi connectivity index (χ3n) is 3.21. The molecule has 0 bridgehead atoms. The fraction of sp³-hybridized carbons (Fsp3) is 0.333. The highest BCUT2D eigenvalue weighted by molar-refractivity contribution is 7.89. The zero-order valence-electron chi connectivity index (χ0n) is 12.6. The number of hydrogen-bond acceptors (Lipinski definition) is 4. The zero-order chi connectivity index (χ0) is 15.6. The Morgan fingerprint density at radius 1 is 1.14 bits per heavy atom. The normalized spacial score (nSPS) is 13.4. The molecule has 6 heteroatoms. The van der Waals surface area contributed by atoms with E-state index in [1.54, 1.807) is 29.5 Å². The maximum atomic E-state index is 12.4. The molecule has 0 fully saturated rings. The Morgan fingerprint density at radius 3 is 2.38 bits per heavy atom. The van der Waals surface area contributed by atoms with Gasteiger partial charge in [-0.05, 0) is 38.1 Å². The first-order valence-electron chi connectivity index (χ1n) is 6.67. The molecule has 0 radical (unpaired) electrons. The van der Waals surface area contributed by atoms with Crippen LogP contribution < -0.4 is 5.32 Å². The van der Waals surface area contributed by atoms with Crippen molar-refractivity contribution in [1.29, 1.82) is 0 Å². The number of sulfonamides is 1. The Morgan fingerprint density at radius 2 is 1.81 bits per heavy atom.